The molecule has 2 aromatic rings. The summed E-state index contributed by atoms with van der Waals surface area (Å²) in [5, 5.41) is 5.02. The molecule has 0 saturated carbocycles. The molecule has 1 amide bonds. The lowest BCUT2D eigenvalue weighted by atomic mass is 10.1. The van der Waals surface area contributed by atoms with Gasteiger partial charge < -0.3 is 4.90 Å². The summed E-state index contributed by atoms with van der Waals surface area (Å²) in [5.41, 5.74) is 1.92. The van der Waals surface area contributed by atoms with Gasteiger partial charge in [0.15, 0.2) is 0 Å². The molecule has 1 aliphatic heterocycles. The summed E-state index contributed by atoms with van der Waals surface area (Å²) >= 11 is 1.39. The zero-order valence-electron chi connectivity index (χ0n) is 12.4. The van der Waals surface area contributed by atoms with Crippen molar-refractivity contribution in [1.29, 1.82) is 0 Å². The third-order valence-electron chi connectivity index (χ3n) is 3.63. The molecule has 0 aliphatic carbocycles. The highest BCUT2D eigenvalue weighted by Crippen LogP contribution is 2.17. The lowest BCUT2D eigenvalue weighted by molar-refractivity contribution is -0.129. The first-order chi connectivity index (χ1) is 10.1. The van der Waals surface area contributed by atoms with Crippen LogP contribution in [0.4, 0.5) is 0 Å². The summed E-state index contributed by atoms with van der Waals surface area (Å²) in [7, 11) is 0. The normalized spacial score (nSPS) is 15.6. The monoisotopic (exact) mass is 305 g/mol. The quantitative estimate of drug-likeness (QED) is 0.810. The number of carbonyl (C=O) groups is 1. The molecule has 0 radical (unpaired) electrons. The summed E-state index contributed by atoms with van der Waals surface area (Å²) in [6.07, 6.45) is 3.46. The van der Waals surface area contributed by atoms with E-state index in [0.717, 1.165) is 37.3 Å². The molecule has 21 heavy (non-hydrogen) atoms. The van der Waals surface area contributed by atoms with Crippen LogP contribution in [0.15, 0.2) is 11.2 Å². The van der Waals surface area contributed by atoms with Crippen LogP contribution in [0.25, 0.3) is 5.78 Å². The van der Waals surface area contributed by atoms with Crippen LogP contribution in [0.5, 0.6) is 0 Å². The van der Waals surface area contributed by atoms with Crippen molar-refractivity contribution < 1.29 is 4.79 Å². The Bertz CT molecular complexity index is 663. The maximum atomic E-state index is 12.1. The molecule has 3 heterocycles. The summed E-state index contributed by atoms with van der Waals surface area (Å²) < 4.78 is 1.72. The summed E-state index contributed by atoms with van der Waals surface area (Å²) in [4.78, 5) is 22.8. The van der Waals surface area contributed by atoms with E-state index in [9.17, 15) is 4.79 Å². The Labute approximate surface area is 128 Å². The number of carbonyl (C=O) groups excluding carboxylic acids is 1. The number of hydrogen-bond acceptors (Lipinski definition) is 5. The minimum absolute atomic E-state index is 0.180. The van der Waals surface area contributed by atoms with Crippen molar-refractivity contribution in [2.75, 3.05) is 18.8 Å². The van der Waals surface area contributed by atoms with E-state index in [1.165, 1.54) is 18.2 Å². The first kappa shape index (κ1) is 14.3. The highest BCUT2D eigenvalue weighted by Gasteiger charge is 2.17. The van der Waals surface area contributed by atoms with Crippen LogP contribution in [-0.2, 0) is 4.79 Å². The van der Waals surface area contributed by atoms with Gasteiger partial charge >= 0.3 is 0 Å². The average Bonchev–Trinajstić information content (AvgIpc) is 2.89. The fourth-order valence-electron chi connectivity index (χ4n) is 2.57. The van der Waals surface area contributed by atoms with Crippen LogP contribution in [0.1, 0.15) is 30.7 Å². The van der Waals surface area contributed by atoms with Gasteiger partial charge in [-0.1, -0.05) is 11.8 Å². The Morgan fingerprint density at radius 3 is 2.76 bits per heavy atom. The van der Waals surface area contributed by atoms with E-state index in [1.807, 2.05) is 24.8 Å². The van der Waals surface area contributed by atoms with Gasteiger partial charge in [-0.2, -0.15) is 4.98 Å². The average molecular weight is 305 g/mol. The highest BCUT2D eigenvalue weighted by molar-refractivity contribution is 7.99. The second-order valence-electron chi connectivity index (χ2n) is 5.38. The molecule has 2 aromatic heterocycles. The zero-order chi connectivity index (χ0) is 14.8. The molecule has 0 unspecified atom stereocenters. The number of fused-ring (bicyclic) bond motifs is 1. The number of rotatable bonds is 3. The van der Waals surface area contributed by atoms with Crippen molar-refractivity contribution in [1.82, 2.24) is 24.5 Å². The Kier molecular flexibility index (Phi) is 4.10. The molecule has 0 spiro atoms. The molecule has 3 rings (SSSR count). The molecular formula is C14H19N5OS. The minimum Gasteiger partial charge on any atom is -0.342 e. The van der Waals surface area contributed by atoms with Crippen molar-refractivity contribution in [3.05, 3.63) is 17.5 Å². The van der Waals surface area contributed by atoms with Crippen LogP contribution in [0.2, 0.25) is 0 Å². The zero-order valence-corrected chi connectivity index (χ0v) is 13.2. The van der Waals surface area contributed by atoms with Crippen molar-refractivity contribution >= 4 is 23.4 Å². The van der Waals surface area contributed by atoms with Gasteiger partial charge in [-0.15, -0.1) is 5.10 Å². The maximum Gasteiger partial charge on any atom is 0.253 e. The maximum absolute atomic E-state index is 12.1. The number of hydrogen-bond donors (Lipinski definition) is 0. The van der Waals surface area contributed by atoms with Crippen molar-refractivity contribution in [3.8, 4) is 0 Å². The second-order valence-corrected chi connectivity index (χ2v) is 6.32. The Morgan fingerprint density at radius 1 is 1.24 bits per heavy atom. The number of aromatic nitrogens is 4. The molecule has 1 fully saturated rings. The van der Waals surface area contributed by atoms with E-state index >= 15 is 0 Å². The van der Waals surface area contributed by atoms with Crippen LogP contribution in [-0.4, -0.2) is 49.2 Å². The molecular weight excluding hydrogens is 286 g/mol. The SMILES string of the molecule is Cc1cc(C)n2nc(SCC(=O)N3CCCCC3)nc2n1. The molecule has 0 aromatic carbocycles. The molecule has 6 nitrogen and oxygen atoms in total. The van der Waals surface area contributed by atoms with Gasteiger partial charge in [-0.25, -0.2) is 9.50 Å². The number of likely N-dealkylation sites (tertiary alicyclic amines) is 1. The standard InChI is InChI=1S/C14H19N5OS/c1-10-8-11(2)19-13(15-10)16-14(17-19)21-9-12(20)18-6-4-3-5-7-18/h8H,3-7,9H2,1-2H3. The smallest absolute Gasteiger partial charge is 0.253 e. The fraction of sp³-hybridized carbons (Fsp3) is 0.571. The van der Waals surface area contributed by atoms with Gasteiger partial charge in [0.2, 0.25) is 11.1 Å². The van der Waals surface area contributed by atoms with E-state index in [2.05, 4.69) is 15.1 Å². The topological polar surface area (TPSA) is 63.4 Å². The number of aryl methyl sites for hydroxylation is 2. The second kappa shape index (κ2) is 6.01. The van der Waals surface area contributed by atoms with E-state index in [0.29, 0.717) is 16.7 Å². The van der Waals surface area contributed by atoms with Gasteiger partial charge in [-0.05, 0) is 39.2 Å². The van der Waals surface area contributed by atoms with Gasteiger partial charge in [-0.3, -0.25) is 4.79 Å². The predicted molar refractivity (Wildman–Crippen MR) is 81.4 cm³/mol. The van der Waals surface area contributed by atoms with Crippen LogP contribution < -0.4 is 0 Å². The third-order valence-corrected chi connectivity index (χ3v) is 4.45. The number of nitrogens with zero attached hydrogens (tertiary/aromatic N) is 5. The lowest BCUT2D eigenvalue weighted by Gasteiger charge is -2.26. The van der Waals surface area contributed by atoms with Crippen molar-refractivity contribution in [3.63, 3.8) is 0 Å². The number of thioether (sulfide) groups is 1. The molecule has 1 aliphatic rings. The summed E-state index contributed by atoms with van der Waals surface area (Å²) in [5.74, 6) is 1.18. The van der Waals surface area contributed by atoms with Crippen LogP contribution in [0.3, 0.4) is 0 Å². The molecule has 0 N–H and O–H groups in total. The Hall–Kier alpha value is -1.63. The highest BCUT2D eigenvalue weighted by atomic mass is 32.2. The molecule has 7 heteroatoms. The fourth-order valence-corrected chi connectivity index (χ4v) is 3.29. The molecule has 0 bridgehead atoms. The first-order valence-corrected chi connectivity index (χ1v) is 8.23. The Balaban J connectivity index is 1.67. The van der Waals surface area contributed by atoms with Gasteiger partial charge in [0.25, 0.3) is 5.78 Å². The number of piperidine rings is 1. The van der Waals surface area contributed by atoms with Crippen molar-refractivity contribution in [2.45, 2.75) is 38.3 Å². The van der Waals surface area contributed by atoms with E-state index < -0.39 is 0 Å². The predicted octanol–water partition coefficient (Wildman–Crippen LogP) is 1.85. The third kappa shape index (κ3) is 3.18. The summed E-state index contributed by atoms with van der Waals surface area (Å²) in [6.45, 7) is 5.69. The lowest BCUT2D eigenvalue weighted by Crippen LogP contribution is -2.36. The van der Waals surface area contributed by atoms with Gasteiger partial charge in [0.1, 0.15) is 0 Å². The van der Waals surface area contributed by atoms with E-state index in [1.54, 1.807) is 4.52 Å². The minimum atomic E-state index is 0.180. The van der Waals surface area contributed by atoms with E-state index in [-0.39, 0.29) is 5.91 Å². The molecule has 1 saturated heterocycles. The Morgan fingerprint density at radius 2 is 2.00 bits per heavy atom. The number of amides is 1. The van der Waals surface area contributed by atoms with Gasteiger partial charge in [0, 0.05) is 24.5 Å². The molecule has 0 atom stereocenters. The van der Waals surface area contributed by atoms with Crippen LogP contribution >= 0.6 is 11.8 Å². The van der Waals surface area contributed by atoms with Crippen LogP contribution in [0, 0.1) is 13.8 Å². The first-order valence-electron chi connectivity index (χ1n) is 7.25. The van der Waals surface area contributed by atoms with Gasteiger partial charge in [0.05, 0.1) is 5.75 Å². The van der Waals surface area contributed by atoms with Crippen molar-refractivity contribution in [2.24, 2.45) is 0 Å². The summed E-state index contributed by atoms with van der Waals surface area (Å²) in [6, 6.07) is 1.97. The molecule has 112 valence electrons. The van der Waals surface area contributed by atoms with E-state index in [4.69, 9.17) is 0 Å². The largest absolute Gasteiger partial charge is 0.342 e.